The zero-order valence-electron chi connectivity index (χ0n) is 19.0. The number of hydrogen-bond donors (Lipinski definition) is 0. The van der Waals surface area contributed by atoms with Gasteiger partial charge < -0.3 is 9.80 Å². The SMILES string of the molecule is CC(C)(C)CCN1CCCC(CC(C)(C)CCN2CCCCC(F)C2)CC1. The predicted molar refractivity (Wildman–Crippen MR) is 116 cm³/mol. The third kappa shape index (κ3) is 9.74. The van der Waals surface area contributed by atoms with Gasteiger partial charge in [-0.2, -0.15) is 0 Å². The molecule has 2 saturated heterocycles. The fourth-order valence-corrected chi connectivity index (χ4v) is 4.86. The summed E-state index contributed by atoms with van der Waals surface area (Å²) in [7, 11) is 0. The van der Waals surface area contributed by atoms with Gasteiger partial charge >= 0.3 is 0 Å². The summed E-state index contributed by atoms with van der Waals surface area (Å²) in [6.07, 6.45) is 10.4. The predicted octanol–water partition coefficient (Wildman–Crippen LogP) is 6.16. The van der Waals surface area contributed by atoms with Crippen molar-refractivity contribution in [1.29, 1.82) is 0 Å². The maximum absolute atomic E-state index is 13.9. The Hall–Kier alpha value is -0.150. The second-order valence-corrected chi connectivity index (χ2v) is 11.5. The molecule has 2 rings (SSSR count). The Morgan fingerprint density at radius 1 is 0.778 bits per heavy atom. The van der Waals surface area contributed by atoms with Gasteiger partial charge in [-0.1, -0.05) is 34.6 Å². The van der Waals surface area contributed by atoms with Crippen molar-refractivity contribution in [3.05, 3.63) is 0 Å². The van der Waals surface area contributed by atoms with Crippen molar-refractivity contribution in [2.45, 2.75) is 98.6 Å². The number of hydrogen-bond acceptors (Lipinski definition) is 2. The Balaban J connectivity index is 1.72. The van der Waals surface area contributed by atoms with Gasteiger partial charge in [0.25, 0.3) is 0 Å². The highest BCUT2D eigenvalue weighted by atomic mass is 19.1. The molecule has 0 aromatic rings. The van der Waals surface area contributed by atoms with Crippen molar-refractivity contribution in [3.8, 4) is 0 Å². The molecule has 0 saturated carbocycles. The molecular formula is C24H47FN2. The van der Waals surface area contributed by atoms with Crippen molar-refractivity contribution in [2.75, 3.05) is 39.3 Å². The van der Waals surface area contributed by atoms with Crippen LogP contribution < -0.4 is 0 Å². The lowest BCUT2D eigenvalue weighted by Crippen LogP contribution is -2.33. The summed E-state index contributed by atoms with van der Waals surface area (Å²) in [6, 6.07) is 0. The van der Waals surface area contributed by atoms with Gasteiger partial charge in [0.2, 0.25) is 0 Å². The van der Waals surface area contributed by atoms with E-state index >= 15 is 0 Å². The van der Waals surface area contributed by atoms with E-state index in [1.54, 1.807) is 0 Å². The van der Waals surface area contributed by atoms with E-state index in [0.29, 0.717) is 17.4 Å². The molecule has 160 valence electrons. The van der Waals surface area contributed by atoms with Crippen LogP contribution >= 0.6 is 0 Å². The molecule has 0 aromatic heterocycles. The molecule has 2 aliphatic rings. The summed E-state index contributed by atoms with van der Waals surface area (Å²) in [5.41, 5.74) is 0.822. The van der Waals surface area contributed by atoms with Crippen LogP contribution in [0.1, 0.15) is 92.4 Å². The Kier molecular flexibility index (Phi) is 9.06. The Labute approximate surface area is 169 Å². The maximum Gasteiger partial charge on any atom is 0.113 e. The molecule has 27 heavy (non-hydrogen) atoms. The molecule has 0 bridgehead atoms. The minimum atomic E-state index is -0.600. The van der Waals surface area contributed by atoms with Gasteiger partial charge in [0, 0.05) is 6.54 Å². The van der Waals surface area contributed by atoms with Crippen LogP contribution in [0.4, 0.5) is 4.39 Å². The first-order chi connectivity index (χ1) is 12.6. The van der Waals surface area contributed by atoms with E-state index in [-0.39, 0.29) is 0 Å². The number of rotatable bonds is 7. The summed E-state index contributed by atoms with van der Waals surface area (Å²) >= 11 is 0. The third-order valence-corrected chi connectivity index (χ3v) is 6.76. The van der Waals surface area contributed by atoms with E-state index < -0.39 is 6.17 Å². The number of halogens is 1. The molecule has 2 fully saturated rings. The molecule has 0 amide bonds. The molecule has 0 aromatic carbocycles. The molecule has 2 heterocycles. The summed E-state index contributed by atoms with van der Waals surface area (Å²) in [6.45, 7) is 18.6. The molecule has 0 radical (unpaired) electrons. The topological polar surface area (TPSA) is 6.48 Å². The zero-order chi connectivity index (χ0) is 19.9. The summed E-state index contributed by atoms with van der Waals surface area (Å²) in [5, 5.41) is 0. The minimum Gasteiger partial charge on any atom is -0.303 e. The molecule has 0 spiro atoms. The van der Waals surface area contributed by atoms with Crippen molar-refractivity contribution in [2.24, 2.45) is 16.7 Å². The molecular weight excluding hydrogens is 335 g/mol. The lowest BCUT2D eigenvalue weighted by atomic mass is 9.77. The fourth-order valence-electron chi connectivity index (χ4n) is 4.86. The van der Waals surface area contributed by atoms with Crippen LogP contribution in [0.2, 0.25) is 0 Å². The highest BCUT2D eigenvalue weighted by Crippen LogP contribution is 2.35. The van der Waals surface area contributed by atoms with Gasteiger partial charge in [0.05, 0.1) is 0 Å². The molecule has 0 aliphatic carbocycles. The second-order valence-electron chi connectivity index (χ2n) is 11.5. The first-order valence-corrected chi connectivity index (χ1v) is 11.7. The first kappa shape index (κ1) is 23.1. The van der Waals surface area contributed by atoms with Crippen LogP contribution in [0, 0.1) is 16.7 Å². The summed E-state index contributed by atoms with van der Waals surface area (Å²) in [5.74, 6) is 0.873. The van der Waals surface area contributed by atoms with E-state index in [9.17, 15) is 4.39 Å². The molecule has 3 heteroatoms. The smallest absolute Gasteiger partial charge is 0.113 e. The van der Waals surface area contributed by atoms with Crippen molar-refractivity contribution in [1.82, 2.24) is 9.80 Å². The van der Waals surface area contributed by atoms with Gasteiger partial charge in [-0.05, 0) is 107 Å². The number of alkyl halides is 1. The maximum atomic E-state index is 13.9. The van der Waals surface area contributed by atoms with E-state index in [1.807, 2.05) is 0 Å². The molecule has 2 atom stereocenters. The lowest BCUT2D eigenvalue weighted by molar-refractivity contribution is 0.160. The van der Waals surface area contributed by atoms with Crippen LogP contribution in [0.5, 0.6) is 0 Å². The fraction of sp³-hybridized carbons (Fsp3) is 1.00. The second kappa shape index (κ2) is 10.6. The third-order valence-electron chi connectivity index (χ3n) is 6.76. The van der Waals surface area contributed by atoms with Crippen LogP contribution in [0.15, 0.2) is 0 Å². The first-order valence-electron chi connectivity index (χ1n) is 11.7. The van der Waals surface area contributed by atoms with Crippen LogP contribution in [-0.4, -0.2) is 55.2 Å². The zero-order valence-corrected chi connectivity index (χ0v) is 19.0. The standard InChI is InChI=1S/C24H47FN2/c1-23(2,3)12-17-26-15-8-9-21(11-16-26)19-24(4,5)13-18-27-14-7-6-10-22(25)20-27/h21-22H,6-20H2,1-5H3. The minimum absolute atomic E-state index is 0.378. The normalized spacial score (nSPS) is 27.3. The van der Waals surface area contributed by atoms with Crippen LogP contribution in [0.3, 0.4) is 0 Å². The summed E-state index contributed by atoms with van der Waals surface area (Å²) in [4.78, 5) is 5.09. The van der Waals surface area contributed by atoms with Gasteiger partial charge in [0.15, 0.2) is 0 Å². The average molecular weight is 383 g/mol. The van der Waals surface area contributed by atoms with Crippen LogP contribution in [-0.2, 0) is 0 Å². The number of nitrogens with zero attached hydrogens (tertiary/aromatic N) is 2. The largest absolute Gasteiger partial charge is 0.303 e. The van der Waals surface area contributed by atoms with Gasteiger partial charge in [-0.15, -0.1) is 0 Å². The van der Waals surface area contributed by atoms with E-state index in [4.69, 9.17) is 0 Å². The van der Waals surface area contributed by atoms with Crippen LogP contribution in [0.25, 0.3) is 0 Å². The summed E-state index contributed by atoms with van der Waals surface area (Å²) < 4.78 is 13.9. The highest BCUT2D eigenvalue weighted by Gasteiger charge is 2.27. The average Bonchev–Trinajstić information content (AvgIpc) is 2.90. The van der Waals surface area contributed by atoms with E-state index in [0.717, 1.165) is 31.8 Å². The lowest BCUT2D eigenvalue weighted by Gasteiger charge is -2.32. The quantitative estimate of drug-likeness (QED) is 0.520. The molecule has 0 N–H and O–H groups in total. The van der Waals surface area contributed by atoms with Gasteiger partial charge in [0.1, 0.15) is 6.17 Å². The van der Waals surface area contributed by atoms with Gasteiger partial charge in [-0.3, -0.25) is 0 Å². The molecule has 2 nitrogen and oxygen atoms in total. The Morgan fingerprint density at radius 3 is 2.22 bits per heavy atom. The van der Waals surface area contributed by atoms with Gasteiger partial charge in [-0.25, -0.2) is 4.39 Å². The van der Waals surface area contributed by atoms with E-state index in [1.165, 1.54) is 64.6 Å². The van der Waals surface area contributed by atoms with E-state index in [2.05, 4.69) is 44.4 Å². The van der Waals surface area contributed by atoms with Crippen molar-refractivity contribution < 1.29 is 4.39 Å². The van der Waals surface area contributed by atoms with Crippen molar-refractivity contribution in [3.63, 3.8) is 0 Å². The highest BCUT2D eigenvalue weighted by molar-refractivity contribution is 4.80. The monoisotopic (exact) mass is 382 g/mol. The number of likely N-dealkylation sites (tertiary alicyclic amines) is 2. The Bertz CT molecular complexity index is 415. The Morgan fingerprint density at radius 2 is 1.48 bits per heavy atom. The molecule has 2 aliphatic heterocycles. The van der Waals surface area contributed by atoms with Crippen molar-refractivity contribution >= 4 is 0 Å². The molecule has 2 unspecified atom stereocenters.